The second-order valence-electron chi connectivity index (χ2n) is 4.26. The maximum absolute atomic E-state index is 13.4. The van der Waals surface area contributed by atoms with E-state index in [1.165, 1.54) is 6.07 Å². The lowest BCUT2D eigenvalue weighted by atomic mass is 10.1. The van der Waals surface area contributed by atoms with Crippen molar-refractivity contribution in [3.8, 4) is 0 Å². The largest absolute Gasteiger partial charge is 0.349 e. The summed E-state index contributed by atoms with van der Waals surface area (Å²) in [6.07, 6.45) is 0.732. The zero-order valence-corrected chi connectivity index (χ0v) is 9.11. The lowest BCUT2D eigenvalue weighted by Gasteiger charge is -2.14. The van der Waals surface area contributed by atoms with Crippen LogP contribution in [0.2, 0.25) is 0 Å². The number of rotatable bonds is 3. The lowest BCUT2D eigenvalue weighted by Crippen LogP contribution is -2.30. The first kappa shape index (κ1) is 11.1. The van der Waals surface area contributed by atoms with E-state index in [0.717, 1.165) is 6.42 Å². The molecule has 1 aromatic rings. The third-order valence-corrected chi connectivity index (χ3v) is 2.91. The number of nitrogens with two attached hydrogens (primary N) is 1. The Hall–Kier alpha value is -1.42. The molecule has 0 radical (unpaired) electrons. The predicted octanol–water partition coefficient (Wildman–Crippen LogP) is 1.35. The first-order chi connectivity index (χ1) is 7.59. The van der Waals surface area contributed by atoms with Gasteiger partial charge >= 0.3 is 0 Å². The molecule has 0 aromatic heterocycles. The summed E-state index contributed by atoms with van der Waals surface area (Å²) >= 11 is 0. The van der Waals surface area contributed by atoms with Crippen LogP contribution in [0.3, 0.4) is 0 Å². The second kappa shape index (κ2) is 4.22. The maximum Gasteiger partial charge on any atom is 0.225 e. The van der Waals surface area contributed by atoms with E-state index < -0.39 is 0 Å². The van der Waals surface area contributed by atoms with Crippen LogP contribution in [0.25, 0.3) is 0 Å². The zero-order chi connectivity index (χ0) is 11.7. The minimum Gasteiger partial charge on any atom is -0.349 e. The van der Waals surface area contributed by atoms with E-state index in [-0.39, 0.29) is 29.7 Å². The fourth-order valence-electron chi connectivity index (χ4n) is 1.74. The van der Waals surface area contributed by atoms with E-state index >= 15 is 0 Å². The van der Waals surface area contributed by atoms with Gasteiger partial charge in [-0.15, -0.1) is 0 Å². The van der Waals surface area contributed by atoms with Crippen molar-refractivity contribution in [3.05, 3.63) is 35.6 Å². The molecule has 86 valence electrons. The Bertz CT molecular complexity index is 408. The Labute approximate surface area is 93.8 Å². The third kappa shape index (κ3) is 2.22. The van der Waals surface area contributed by atoms with Gasteiger partial charge in [0, 0.05) is 11.6 Å². The van der Waals surface area contributed by atoms with Crippen molar-refractivity contribution in [2.24, 2.45) is 11.7 Å². The van der Waals surface area contributed by atoms with Gasteiger partial charge in [-0.3, -0.25) is 4.79 Å². The summed E-state index contributed by atoms with van der Waals surface area (Å²) in [7, 11) is 0. The number of carbonyl (C=O) groups excluding carboxylic acids is 1. The van der Waals surface area contributed by atoms with Crippen molar-refractivity contribution in [2.45, 2.75) is 25.4 Å². The first-order valence-corrected chi connectivity index (χ1v) is 5.40. The van der Waals surface area contributed by atoms with E-state index in [1.54, 1.807) is 25.1 Å². The van der Waals surface area contributed by atoms with Crippen molar-refractivity contribution < 1.29 is 9.18 Å². The molecule has 1 amide bonds. The Morgan fingerprint density at radius 1 is 1.56 bits per heavy atom. The molecular formula is C12H15FN2O. The van der Waals surface area contributed by atoms with Crippen LogP contribution in [0.4, 0.5) is 4.39 Å². The summed E-state index contributed by atoms with van der Waals surface area (Å²) in [4.78, 5) is 11.6. The van der Waals surface area contributed by atoms with Gasteiger partial charge in [-0.1, -0.05) is 18.2 Å². The number of halogens is 1. The van der Waals surface area contributed by atoms with Crippen LogP contribution in [0.1, 0.15) is 24.9 Å². The maximum atomic E-state index is 13.4. The average Bonchev–Trinajstić information content (AvgIpc) is 2.96. The van der Waals surface area contributed by atoms with E-state index in [0.29, 0.717) is 5.56 Å². The number of hydrogen-bond acceptors (Lipinski definition) is 2. The van der Waals surface area contributed by atoms with Crippen molar-refractivity contribution in [1.82, 2.24) is 5.32 Å². The molecular weight excluding hydrogens is 207 g/mol. The standard InChI is InChI=1S/C12H15FN2O/c1-7(8-4-2-3-5-10(8)13)15-12(16)9-6-11(9)14/h2-5,7,9,11H,6,14H2,1H3,(H,15,16). The molecule has 4 heteroatoms. The fourth-order valence-corrected chi connectivity index (χ4v) is 1.74. The molecule has 0 aliphatic heterocycles. The molecule has 3 atom stereocenters. The summed E-state index contributed by atoms with van der Waals surface area (Å²) in [5.74, 6) is -0.465. The molecule has 0 saturated heterocycles. The molecule has 0 spiro atoms. The quantitative estimate of drug-likeness (QED) is 0.811. The molecule has 1 saturated carbocycles. The molecule has 16 heavy (non-hydrogen) atoms. The van der Waals surface area contributed by atoms with Crippen molar-refractivity contribution >= 4 is 5.91 Å². The van der Waals surface area contributed by atoms with Gasteiger partial charge < -0.3 is 11.1 Å². The van der Waals surface area contributed by atoms with E-state index in [9.17, 15) is 9.18 Å². The molecule has 1 aliphatic carbocycles. The van der Waals surface area contributed by atoms with Crippen LogP contribution in [0, 0.1) is 11.7 Å². The van der Waals surface area contributed by atoms with Gasteiger partial charge in [0.25, 0.3) is 0 Å². The molecule has 0 heterocycles. The second-order valence-corrected chi connectivity index (χ2v) is 4.26. The predicted molar refractivity (Wildman–Crippen MR) is 59.0 cm³/mol. The SMILES string of the molecule is CC(NC(=O)C1CC1N)c1ccccc1F. The first-order valence-electron chi connectivity index (χ1n) is 5.40. The normalized spacial score (nSPS) is 24.9. The van der Waals surface area contributed by atoms with Crippen LogP contribution < -0.4 is 11.1 Å². The Morgan fingerprint density at radius 3 is 2.75 bits per heavy atom. The van der Waals surface area contributed by atoms with E-state index in [1.807, 2.05) is 0 Å². The molecule has 3 unspecified atom stereocenters. The van der Waals surface area contributed by atoms with Crippen molar-refractivity contribution in [1.29, 1.82) is 0 Å². The van der Waals surface area contributed by atoms with Crippen molar-refractivity contribution in [3.63, 3.8) is 0 Å². The average molecular weight is 222 g/mol. The van der Waals surface area contributed by atoms with Crippen LogP contribution in [-0.2, 0) is 4.79 Å². The number of hydrogen-bond donors (Lipinski definition) is 2. The highest BCUT2D eigenvalue weighted by Gasteiger charge is 2.40. The summed E-state index contributed by atoms with van der Waals surface area (Å²) in [6, 6.07) is 6.11. The highest BCUT2D eigenvalue weighted by Crippen LogP contribution is 2.28. The van der Waals surface area contributed by atoms with Gasteiger partial charge in [0.05, 0.1) is 12.0 Å². The minimum absolute atomic E-state index is 0.0205. The van der Waals surface area contributed by atoms with Crippen molar-refractivity contribution in [2.75, 3.05) is 0 Å². The van der Waals surface area contributed by atoms with Gasteiger partial charge in [-0.2, -0.15) is 0 Å². The molecule has 0 bridgehead atoms. The van der Waals surface area contributed by atoms with Gasteiger partial charge in [0.2, 0.25) is 5.91 Å². The number of nitrogens with one attached hydrogen (secondary N) is 1. The molecule has 1 aromatic carbocycles. The summed E-state index contributed by atoms with van der Waals surface area (Å²) < 4.78 is 13.4. The van der Waals surface area contributed by atoms with Crippen LogP contribution >= 0.6 is 0 Å². The third-order valence-electron chi connectivity index (χ3n) is 2.91. The number of benzene rings is 1. The fraction of sp³-hybridized carbons (Fsp3) is 0.417. The van der Waals surface area contributed by atoms with Gasteiger partial charge in [0.1, 0.15) is 5.82 Å². The van der Waals surface area contributed by atoms with Crippen LogP contribution in [0.15, 0.2) is 24.3 Å². The molecule has 1 fully saturated rings. The number of carbonyl (C=O) groups is 1. The highest BCUT2D eigenvalue weighted by atomic mass is 19.1. The van der Waals surface area contributed by atoms with Gasteiger partial charge in [-0.25, -0.2) is 4.39 Å². The molecule has 3 N–H and O–H groups in total. The Morgan fingerprint density at radius 2 is 2.19 bits per heavy atom. The number of amides is 1. The molecule has 1 aliphatic rings. The topological polar surface area (TPSA) is 55.1 Å². The highest BCUT2D eigenvalue weighted by molar-refractivity contribution is 5.82. The summed E-state index contributed by atoms with van der Waals surface area (Å²) in [5, 5.41) is 2.77. The lowest BCUT2D eigenvalue weighted by molar-refractivity contribution is -0.123. The monoisotopic (exact) mass is 222 g/mol. The van der Waals surface area contributed by atoms with Crippen LogP contribution in [0.5, 0.6) is 0 Å². The Balaban J connectivity index is 2.00. The van der Waals surface area contributed by atoms with Gasteiger partial charge in [-0.05, 0) is 19.4 Å². The minimum atomic E-state index is -0.318. The molecule has 2 rings (SSSR count). The zero-order valence-electron chi connectivity index (χ0n) is 9.11. The van der Waals surface area contributed by atoms with E-state index in [2.05, 4.69) is 5.32 Å². The smallest absolute Gasteiger partial charge is 0.225 e. The summed E-state index contributed by atoms with van der Waals surface area (Å²) in [6.45, 7) is 1.77. The van der Waals surface area contributed by atoms with E-state index in [4.69, 9.17) is 5.73 Å². The van der Waals surface area contributed by atoms with Crippen LogP contribution in [-0.4, -0.2) is 11.9 Å². The van der Waals surface area contributed by atoms with Gasteiger partial charge in [0.15, 0.2) is 0 Å². The molecule has 3 nitrogen and oxygen atoms in total. The Kier molecular flexibility index (Phi) is 2.92. The summed E-state index contributed by atoms with van der Waals surface area (Å²) in [5.41, 5.74) is 6.08.